The molecule has 0 fully saturated rings. The number of carbonyl (C=O) groups excluding carboxylic acids is 1. The van der Waals surface area contributed by atoms with Gasteiger partial charge in [-0.1, -0.05) is 36.1 Å². The first-order chi connectivity index (χ1) is 16.0. The molecule has 6 heteroatoms. The van der Waals surface area contributed by atoms with Crippen LogP contribution in [0.25, 0.3) is 12.2 Å². The van der Waals surface area contributed by atoms with E-state index in [9.17, 15) is 9.90 Å². The summed E-state index contributed by atoms with van der Waals surface area (Å²) in [5.74, 6) is 6.20. The summed E-state index contributed by atoms with van der Waals surface area (Å²) in [5, 5.41) is 10.1. The molecule has 6 nitrogen and oxygen atoms in total. The monoisotopic (exact) mass is 444 g/mol. The van der Waals surface area contributed by atoms with Crippen molar-refractivity contribution < 1.29 is 28.8 Å². The van der Waals surface area contributed by atoms with E-state index >= 15 is 0 Å². The molecule has 0 saturated heterocycles. The van der Waals surface area contributed by atoms with Gasteiger partial charge in [-0.3, -0.25) is 4.79 Å². The molecule has 0 unspecified atom stereocenters. The Morgan fingerprint density at radius 1 is 0.848 bits per heavy atom. The highest BCUT2D eigenvalue weighted by Crippen LogP contribution is 2.29. The van der Waals surface area contributed by atoms with E-state index in [0.717, 1.165) is 17.2 Å². The van der Waals surface area contributed by atoms with Crippen molar-refractivity contribution in [2.45, 2.75) is 0 Å². The fourth-order valence-electron chi connectivity index (χ4n) is 2.65. The predicted octanol–water partition coefficient (Wildman–Crippen LogP) is 4.47. The number of terminal acetylenes is 2. The van der Waals surface area contributed by atoms with Gasteiger partial charge in [0.05, 0.1) is 14.2 Å². The van der Waals surface area contributed by atoms with Gasteiger partial charge < -0.3 is 24.1 Å². The van der Waals surface area contributed by atoms with E-state index in [1.165, 1.54) is 26.4 Å². The lowest BCUT2D eigenvalue weighted by molar-refractivity contribution is -0.110. The van der Waals surface area contributed by atoms with E-state index in [0.29, 0.717) is 23.0 Å². The summed E-state index contributed by atoms with van der Waals surface area (Å²) in [7, 11) is 3.03. The van der Waals surface area contributed by atoms with Gasteiger partial charge in [0, 0.05) is 6.08 Å². The third-order valence-corrected chi connectivity index (χ3v) is 4.17. The minimum Gasteiger partial charge on any atom is -0.508 e. The van der Waals surface area contributed by atoms with Crippen molar-refractivity contribution >= 4 is 17.9 Å². The summed E-state index contributed by atoms with van der Waals surface area (Å²) in [6.07, 6.45) is 17.5. The molecule has 0 aliphatic heterocycles. The molecule has 0 bridgehead atoms. The maximum atomic E-state index is 12.2. The van der Waals surface area contributed by atoms with Gasteiger partial charge in [0.2, 0.25) is 0 Å². The normalized spacial score (nSPS) is 11.1. The second-order valence-corrected chi connectivity index (χ2v) is 6.44. The molecule has 0 radical (unpaired) electrons. The number of aliphatic hydroxyl groups is 1. The second kappa shape index (κ2) is 13.0. The molecule has 0 aromatic heterocycles. The van der Waals surface area contributed by atoms with E-state index in [1.54, 1.807) is 48.6 Å². The van der Waals surface area contributed by atoms with Gasteiger partial charge >= 0.3 is 0 Å². The molecule has 168 valence electrons. The van der Waals surface area contributed by atoms with Crippen LogP contribution in [0.15, 0.2) is 60.4 Å². The third kappa shape index (κ3) is 7.90. The van der Waals surface area contributed by atoms with Crippen LogP contribution in [-0.4, -0.2) is 38.3 Å². The first kappa shape index (κ1) is 24.7. The Morgan fingerprint density at radius 3 is 1.79 bits per heavy atom. The third-order valence-electron chi connectivity index (χ3n) is 4.17. The topological polar surface area (TPSA) is 74.2 Å². The molecule has 2 aromatic carbocycles. The van der Waals surface area contributed by atoms with Crippen molar-refractivity contribution in [3.05, 3.63) is 71.5 Å². The fraction of sp³-hybridized carbons (Fsp3) is 0.148. The largest absolute Gasteiger partial charge is 0.508 e. The Bertz CT molecular complexity index is 1140. The van der Waals surface area contributed by atoms with E-state index in [1.807, 2.05) is 0 Å². The first-order valence-electron chi connectivity index (χ1n) is 9.80. The van der Waals surface area contributed by atoms with E-state index in [-0.39, 0.29) is 24.8 Å². The minimum atomic E-state index is -0.389. The number of allylic oxidation sites excluding steroid dienone is 3. The van der Waals surface area contributed by atoms with Crippen molar-refractivity contribution in [3.63, 3.8) is 0 Å². The summed E-state index contributed by atoms with van der Waals surface area (Å²) in [5.41, 5.74) is 1.46. The minimum absolute atomic E-state index is 0.123. The number of hydrogen-bond acceptors (Lipinski definition) is 6. The van der Waals surface area contributed by atoms with Crippen LogP contribution in [0.3, 0.4) is 0 Å². The first-order valence-corrected chi connectivity index (χ1v) is 9.80. The van der Waals surface area contributed by atoms with Crippen LogP contribution in [0, 0.1) is 24.7 Å². The van der Waals surface area contributed by atoms with Gasteiger partial charge in [-0.25, -0.2) is 0 Å². The molecular formula is C27H24O6. The van der Waals surface area contributed by atoms with Crippen LogP contribution in [0.4, 0.5) is 0 Å². The van der Waals surface area contributed by atoms with Crippen molar-refractivity contribution in [1.29, 1.82) is 0 Å². The Morgan fingerprint density at radius 2 is 1.33 bits per heavy atom. The highest BCUT2D eigenvalue weighted by molar-refractivity contribution is 6.02. The Balaban J connectivity index is 2.05. The van der Waals surface area contributed by atoms with Gasteiger partial charge in [-0.15, -0.1) is 12.8 Å². The zero-order valence-corrected chi connectivity index (χ0v) is 18.4. The number of aliphatic hydroxyl groups excluding tert-OH is 1. The number of carbonyl (C=O) groups is 1. The zero-order chi connectivity index (χ0) is 24.1. The number of ketones is 1. The smallest absolute Gasteiger partial charge is 0.182 e. The number of hydrogen-bond donors (Lipinski definition) is 1. The summed E-state index contributed by atoms with van der Waals surface area (Å²) in [6.45, 7) is 0.249. The lowest BCUT2D eigenvalue weighted by atomic mass is 10.1. The van der Waals surface area contributed by atoms with Crippen LogP contribution in [0.2, 0.25) is 0 Å². The van der Waals surface area contributed by atoms with E-state index in [2.05, 4.69) is 11.8 Å². The molecule has 0 heterocycles. The van der Waals surface area contributed by atoms with Crippen LogP contribution in [-0.2, 0) is 4.79 Å². The molecule has 2 aromatic rings. The number of benzene rings is 2. The Kier molecular flexibility index (Phi) is 9.73. The lowest BCUT2D eigenvalue weighted by Gasteiger charge is -2.09. The van der Waals surface area contributed by atoms with Crippen LogP contribution < -0.4 is 18.9 Å². The van der Waals surface area contributed by atoms with Gasteiger partial charge in [0.25, 0.3) is 0 Å². The molecule has 0 saturated carbocycles. The number of ether oxygens (including phenoxy) is 4. The second-order valence-electron chi connectivity index (χ2n) is 6.44. The molecule has 0 atom stereocenters. The van der Waals surface area contributed by atoms with Crippen LogP contribution in [0.5, 0.6) is 23.0 Å². The highest BCUT2D eigenvalue weighted by atomic mass is 16.5. The summed E-state index contributed by atoms with van der Waals surface area (Å²) < 4.78 is 21.3. The van der Waals surface area contributed by atoms with Crippen LogP contribution in [0.1, 0.15) is 11.1 Å². The average molecular weight is 444 g/mol. The van der Waals surface area contributed by atoms with Gasteiger partial charge in [0.1, 0.15) is 19.0 Å². The van der Waals surface area contributed by atoms with Crippen LogP contribution >= 0.6 is 0 Å². The summed E-state index contributed by atoms with van der Waals surface area (Å²) in [6, 6.07) is 10.4. The van der Waals surface area contributed by atoms with Gasteiger partial charge in [-0.2, -0.15) is 0 Å². The maximum Gasteiger partial charge on any atom is 0.182 e. The summed E-state index contributed by atoms with van der Waals surface area (Å²) in [4.78, 5) is 12.2. The molecule has 0 aliphatic carbocycles. The molecule has 33 heavy (non-hydrogen) atoms. The molecular weight excluding hydrogens is 420 g/mol. The van der Waals surface area contributed by atoms with Crippen molar-refractivity contribution in [2.75, 3.05) is 27.4 Å². The van der Waals surface area contributed by atoms with Crippen molar-refractivity contribution in [3.8, 4) is 47.7 Å². The number of methoxy groups -OCH3 is 2. The maximum absolute atomic E-state index is 12.2. The van der Waals surface area contributed by atoms with Crippen molar-refractivity contribution in [2.24, 2.45) is 0 Å². The zero-order valence-electron chi connectivity index (χ0n) is 18.4. The standard InChI is InChI=1S/C27H24O6/c1-5-15-32-24-13-9-20(17-26(24)30-3)7-11-22(28)19-23(29)12-8-21-10-14-25(33-16-6-2)27(18-21)31-4/h1-2,7-14,17-19,28H,15-16H2,3-4H3/b11-7+,12-8+,22-19-. The quantitative estimate of drug-likeness (QED) is 0.239. The summed E-state index contributed by atoms with van der Waals surface area (Å²) >= 11 is 0. The predicted molar refractivity (Wildman–Crippen MR) is 128 cm³/mol. The van der Waals surface area contributed by atoms with Gasteiger partial charge in [0.15, 0.2) is 28.8 Å². The Labute approximate surface area is 193 Å². The van der Waals surface area contributed by atoms with E-state index < -0.39 is 0 Å². The lowest BCUT2D eigenvalue weighted by Crippen LogP contribution is -1.97. The average Bonchev–Trinajstić information content (AvgIpc) is 2.83. The Hall–Kier alpha value is -4.55. The van der Waals surface area contributed by atoms with E-state index in [4.69, 9.17) is 31.8 Å². The molecule has 0 aliphatic rings. The molecule has 0 amide bonds. The SMILES string of the molecule is C#CCOc1ccc(/C=C/C(=O)/C=C(O)/C=C/c2ccc(OCC#C)c(OC)c2)cc1OC. The van der Waals surface area contributed by atoms with Gasteiger partial charge in [-0.05, 0) is 47.5 Å². The molecule has 0 spiro atoms. The van der Waals surface area contributed by atoms with Crippen molar-refractivity contribution in [1.82, 2.24) is 0 Å². The fourth-order valence-corrected chi connectivity index (χ4v) is 2.65. The highest BCUT2D eigenvalue weighted by Gasteiger charge is 2.05. The number of rotatable bonds is 11. The molecule has 2 rings (SSSR count). The molecule has 1 N–H and O–H groups in total.